The number of benzene rings is 2. The quantitative estimate of drug-likeness (QED) is 0.662. The zero-order valence-corrected chi connectivity index (χ0v) is 19.7. The van der Waals surface area contributed by atoms with Crippen molar-refractivity contribution in [2.75, 3.05) is 13.1 Å². The van der Waals surface area contributed by atoms with Crippen LogP contribution in [-0.2, 0) is 16.6 Å². The monoisotopic (exact) mass is 468 g/mol. The molecule has 0 aromatic heterocycles. The molecule has 5 rings (SSSR count). The van der Waals surface area contributed by atoms with Crippen LogP contribution < -0.4 is 9.46 Å². The Bertz CT molecular complexity index is 1070. The topological polar surface area (TPSA) is 75.7 Å². The van der Waals surface area contributed by atoms with Crippen molar-refractivity contribution in [2.45, 2.75) is 62.8 Å². The minimum absolute atomic E-state index is 0.195. The number of hydrogen-bond acceptors (Lipinski definition) is 5. The molecule has 2 aliphatic carbocycles. The van der Waals surface area contributed by atoms with Gasteiger partial charge in [0, 0.05) is 12.1 Å². The number of piperidine rings is 1. The van der Waals surface area contributed by atoms with E-state index in [9.17, 15) is 13.2 Å². The molecule has 1 heterocycles. The molecule has 2 saturated carbocycles. The second-order valence-corrected chi connectivity index (χ2v) is 11.9. The third-order valence-electron chi connectivity index (χ3n) is 7.44. The van der Waals surface area contributed by atoms with Crippen molar-refractivity contribution < 1.29 is 17.9 Å². The van der Waals surface area contributed by atoms with Gasteiger partial charge in [-0.25, -0.2) is 13.1 Å². The Labute approximate surface area is 196 Å². The van der Waals surface area contributed by atoms with E-state index < -0.39 is 21.2 Å². The molecular formula is C26H32N2O4S. The minimum Gasteiger partial charge on any atom is -0.490 e. The van der Waals surface area contributed by atoms with Gasteiger partial charge in [0.1, 0.15) is 5.75 Å². The first-order valence-corrected chi connectivity index (χ1v) is 13.5. The van der Waals surface area contributed by atoms with Gasteiger partial charge < -0.3 is 4.74 Å². The van der Waals surface area contributed by atoms with E-state index in [0.717, 1.165) is 38.2 Å². The van der Waals surface area contributed by atoms with E-state index >= 15 is 0 Å². The Balaban J connectivity index is 1.11. The molecule has 2 aromatic rings. The highest BCUT2D eigenvalue weighted by Gasteiger charge is 2.42. The van der Waals surface area contributed by atoms with Gasteiger partial charge in [0.2, 0.25) is 10.0 Å². The zero-order valence-electron chi connectivity index (χ0n) is 18.9. The van der Waals surface area contributed by atoms with Gasteiger partial charge in [-0.2, -0.15) is 0 Å². The second-order valence-electron chi connectivity index (χ2n) is 9.94. The largest absolute Gasteiger partial charge is 0.490 e. The Morgan fingerprint density at radius 3 is 2.33 bits per heavy atom. The van der Waals surface area contributed by atoms with Crippen molar-refractivity contribution in [2.24, 2.45) is 5.41 Å². The Morgan fingerprint density at radius 2 is 1.67 bits per heavy atom. The number of ether oxygens (including phenoxy) is 1. The first kappa shape index (κ1) is 22.4. The molecule has 7 heteroatoms. The number of carbonyl (C=O) groups is 1. The zero-order chi connectivity index (χ0) is 22.9. The van der Waals surface area contributed by atoms with Crippen molar-refractivity contribution in [3.8, 4) is 5.75 Å². The molecule has 1 saturated heterocycles. The molecule has 1 amide bonds. The standard InChI is InChI=1S/C26H32N2O4S/c29-25(27-33(30,31)24-10-11-24)21-6-8-22(9-7-21)32-23-12-13-26(18-23)14-16-28(17-15-26)19-20-4-2-1-3-5-20/h1-9,23-24H,10-19H2,(H,27,29). The molecular weight excluding hydrogens is 436 g/mol. The van der Waals surface area contributed by atoms with Gasteiger partial charge >= 0.3 is 0 Å². The van der Waals surface area contributed by atoms with Crippen LogP contribution in [-0.4, -0.2) is 43.7 Å². The summed E-state index contributed by atoms with van der Waals surface area (Å²) in [5.74, 6) is 0.163. The van der Waals surface area contributed by atoms with Gasteiger partial charge in [0.25, 0.3) is 5.91 Å². The number of likely N-dealkylation sites (tertiary alicyclic amines) is 1. The van der Waals surface area contributed by atoms with Gasteiger partial charge in [-0.15, -0.1) is 0 Å². The van der Waals surface area contributed by atoms with Gasteiger partial charge in [-0.3, -0.25) is 9.69 Å². The maximum Gasteiger partial charge on any atom is 0.264 e. The van der Waals surface area contributed by atoms with E-state index in [1.165, 1.54) is 24.8 Å². The Kier molecular flexibility index (Phi) is 6.18. The molecule has 1 N–H and O–H groups in total. The molecule has 33 heavy (non-hydrogen) atoms. The van der Waals surface area contributed by atoms with Gasteiger partial charge in [-0.05, 0) is 93.3 Å². The van der Waals surface area contributed by atoms with Gasteiger partial charge in [0.15, 0.2) is 0 Å². The maximum absolute atomic E-state index is 12.3. The number of rotatable bonds is 7. The van der Waals surface area contributed by atoms with Crippen LogP contribution in [0.1, 0.15) is 60.9 Å². The van der Waals surface area contributed by atoms with Crippen LogP contribution in [0.4, 0.5) is 0 Å². The van der Waals surface area contributed by atoms with Crippen LogP contribution in [0.25, 0.3) is 0 Å². The molecule has 0 radical (unpaired) electrons. The second kappa shape index (κ2) is 9.11. The molecule has 1 atom stereocenters. The molecule has 6 nitrogen and oxygen atoms in total. The lowest BCUT2D eigenvalue weighted by atomic mass is 9.77. The highest BCUT2D eigenvalue weighted by molar-refractivity contribution is 7.91. The fourth-order valence-electron chi connectivity index (χ4n) is 5.26. The smallest absolute Gasteiger partial charge is 0.264 e. The summed E-state index contributed by atoms with van der Waals surface area (Å²) < 4.78 is 32.4. The van der Waals surface area contributed by atoms with E-state index in [0.29, 0.717) is 23.8 Å². The molecule has 3 aliphatic rings. The van der Waals surface area contributed by atoms with Crippen LogP contribution in [0.15, 0.2) is 54.6 Å². The van der Waals surface area contributed by atoms with E-state index in [1.54, 1.807) is 24.3 Å². The predicted molar refractivity (Wildman–Crippen MR) is 128 cm³/mol. The number of amides is 1. The number of nitrogens with zero attached hydrogens (tertiary/aromatic N) is 1. The average Bonchev–Trinajstić information content (AvgIpc) is 3.61. The van der Waals surface area contributed by atoms with Gasteiger partial charge in [-0.1, -0.05) is 30.3 Å². The number of sulfonamides is 1. The van der Waals surface area contributed by atoms with E-state index in [4.69, 9.17) is 4.74 Å². The summed E-state index contributed by atoms with van der Waals surface area (Å²) in [6.07, 6.45) is 7.22. The molecule has 0 bridgehead atoms. The fraction of sp³-hybridized carbons (Fsp3) is 0.500. The molecule has 1 spiro atoms. The SMILES string of the molecule is O=C(NS(=O)(=O)C1CC1)c1ccc(OC2CCC3(CCN(Cc4ccccc4)CC3)C2)cc1. The molecule has 176 valence electrons. The Morgan fingerprint density at radius 1 is 0.970 bits per heavy atom. The number of carbonyl (C=O) groups excluding carboxylic acids is 1. The van der Waals surface area contributed by atoms with Crippen molar-refractivity contribution in [1.29, 1.82) is 0 Å². The summed E-state index contributed by atoms with van der Waals surface area (Å²) in [6.45, 7) is 3.29. The first-order valence-electron chi connectivity index (χ1n) is 12.0. The first-order chi connectivity index (χ1) is 15.9. The summed E-state index contributed by atoms with van der Waals surface area (Å²) in [5.41, 5.74) is 2.10. The van der Waals surface area contributed by atoms with Crippen molar-refractivity contribution in [3.05, 3.63) is 65.7 Å². The van der Waals surface area contributed by atoms with E-state index in [-0.39, 0.29) is 6.10 Å². The van der Waals surface area contributed by atoms with E-state index in [2.05, 4.69) is 40.0 Å². The molecule has 2 aromatic carbocycles. The Hall–Kier alpha value is -2.38. The normalized spacial score (nSPS) is 22.8. The summed E-state index contributed by atoms with van der Waals surface area (Å²) in [7, 11) is -3.54. The molecule has 1 unspecified atom stereocenters. The number of nitrogens with one attached hydrogen (secondary N) is 1. The summed E-state index contributed by atoms with van der Waals surface area (Å²) in [4.78, 5) is 14.8. The van der Waals surface area contributed by atoms with Crippen LogP contribution in [0, 0.1) is 5.41 Å². The summed E-state index contributed by atoms with van der Waals surface area (Å²) in [5, 5.41) is -0.413. The molecule has 1 aliphatic heterocycles. The highest BCUT2D eigenvalue weighted by atomic mass is 32.2. The lowest BCUT2D eigenvalue weighted by molar-refractivity contribution is 0.0896. The predicted octanol–water partition coefficient (Wildman–Crippen LogP) is 4.12. The average molecular weight is 469 g/mol. The lowest BCUT2D eigenvalue weighted by Crippen LogP contribution is -2.39. The highest BCUT2D eigenvalue weighted by Crippen LogP contribution is 2.47. The fourth-order valence-corrected chi connectivity index (χ4v) is 6.56. The minimum atomic E-state index is -3.54. The van der Waals surface area contributed by atoms with Crippen molar-refractivity contribution in [3.63, 3.8) is 0 Å². The van der Waals surface area contributed by atoms with Crippen LogP contribution in [0.5, 0.6) is 5.75 Å². The van der Waals surface area contributed by atoms with Crippen LogP contribution >= 0.6 is 0 Å². The van der Waals surface area contributed by atoms with Crippen LogP contribution in [0.3, 0.4) is 0 Å². The lowest BCUT2D eigenvalue weighted by Gasteiger charge is -2.39. The maximum atomic E-state index is 12.3. The van der Waals surface area contributed by atoms with E-state index in [1.807, 2.05) is 0 Å². The third kappa shape index (κ3) is 5.41. The molecule has 3 fully saturated rings. The van der Waals surface area contributed by atoms with Crippen LogP contribution in [0.2, 0.25) is 0 Å². The summed E-state index contributed by atoms with van der Waals surface area (Å²) in [6, 6.07) is 17.5. The third-order valence-corrected chi connectivity index (χ3v) is 9.26. The van der Waals surface area contributed by atoms with Crippen molar-refractivity contribution in [1.82, 2.24) is 9.62 Å². The summed E-state index contributed by atoms with van der Waals surface area (Å²) >= 11 is 0. The van der Waals surface area contributed by atoms with Crippen molar-refractivity contribution >= 4 is 15.9 Å². The number of hydrogen-bond donors (Lipinski definition) is 1. The van der Waals surface area contributed by atoms with Gasteiger partial charge in [0.05, 0.1) is 11.4 Å².